The summed E-state index contributed by atoms with van der Waals surface area (Å²) in [7, 11) is 2.00. The van der Waals surface area contributed by atoms with E-state index in [1.807, 2.05) is 36.1 Å². The average molecular weight is 224 g/mol. The first-order chi connectivity index (χ1) is 8.34. The number of aromatic nitrogens is 4. The van der Waals surface area contributed by atoms with Gasteiger partial charge in [-0.25, -0.2) is 4.98 Å². The maximum absolute atomic E-state index is 4.69. The van der Waals surface area contributed by atoms with Crippen molar-refractivity contribution in [3.05, 3.63) is 41.9 Å². The Kier molecular flexibility index (Phi) is 1.57. The molecule has 3 heterocycles. The smallest absolute Gasteiger partial charge is 0.137 e. The van der Waals surface area contributed by atoms with Crippen molar-refractivity contribution in [3.63, 3.8) is 0 Å². The Hall–Kier alpha value is -2.10. The van der Waals surface area contributed by atoms with E-state index < -0.39 is 0 Å². The quantitative estimate of drug-likeness (QED) is 0.584. The fraction of sp³-hybridized carbons (Fsp3) is 0.231. The zero-order chi connectivity index (χ0) is 11.4. The molecule has 0 saturated heterocycles. The van der Waals surface area contributed by atoms with E-state index in [2.05, 4.69) is 15.7 Å². The van der Waals surface area contributed by atoms with Gasteiger partial charge in [-0.1, -0.05) is 6.07 Å². The Morgan fingerprint density at radius 1 is 1.18 bits per heavy atom. The van der Waals surface area contributed by atoms with Crippen LogP contribution in [0.2, 0.25) is 0 Å². The summed E-state index contributed by atoms with van der Waals surface area (Å²) in [5, 5.41) is 4.36. The normalized spacial score (nSPS) is 13.7. The van der Waals surface area contributed by atoms with Crippen molar-refractivity contribution in [3.8, 4) is 11.4 Å². The molecule has 1 aliphatic rings. The van der Waals surface area contributed by atoms with Crippen LogP contribution in [0.15, 0.2) is 30.6 Å². The second kappa shape index (κ2) is 2.97. The molecule has 84 valence electrons. The number of aryl methyl sites for hydroxylation is 3. The molecular formula is C13H12N4. The summed E-state index contributed by atoms with van der Waals surface area (Å²) in [6.07, 6.45) is 6.10. The van der Waals surface area contributed by atoms with Gasteiger partial charge in [-0.2, -0.15) is 5.10 Å². The molecule has 0 saturated carbocycles. The molecule has 0 unspecified atom stereocenters. The van der Waals surface area contributed by atoms with Gasteiger partial charge in [0, 0.05) is 18.8 Å². The van der Waals surface area contributed by atoms with E-state index >= 15 is 0 Å². The lowest BCUT2D eigenvalue weighted by molar-refractivity contribution is 0.766. The van der Waals surface area contributed by atoms with Crippen LogP contribution < -0.4 is 0 Å². The molecule has 0 amide bonds. The van der Waals surface area contributed by atoms with Crippen LogP contribution in [0.3, 0.4) is 0 Å². The maximum Gasteiger partial charge on any atom is 0.137 e. The highest BCUT2D eigenvalue weighted by molar-refractivity contribution is 5.69. The first-order valence-corrected chi connectivity index (χ1v) is 5.82. The summed E-state index contributed by atoms with van der Waals surface area (Å²) in [5.74, 6) is 0. The molecule has 4 nitrogen and oxygen atoms in total. The van der Waals surface area contributed by atoms with Crippen molar-refractivity contribution < 1.29 is 0 Å². The number of imidazole rings is 1. The van der Waals surface area contributed by atoms with Crippen LogP contribution in [-0.4, -0.2) is 19.2 Å². The highest BCUT2D eigenvalue weighted by atomic mass is 15.3. The van der Waals surface area contributed by atoms with Gasteiger partial charge >= 0.3 is 0 Å². The second-order valence-electron chi connectivity index (χ2n) is 4.48. The zero-order valence-corrected chi connectivity index (χ0v) is 9.59. The van der Waals surface area contributed by atoms with E-state index in [-0.39, 0.29) is 0 Å². The summed E-state index contributed by atoms with van der Waals surface area (Å²) in [4.78, 5) is 4.69. The van der Waals surface area contributed by atoms with Crippen LogP contribution in [0.1, 0.15) is 11.3 Å². The lowest BCUT2D eigenvalue weighted by Crippen LogP contribution is -2.06. The third kappa shape index (κ3) is 1.07. The van der Waals surface area contributed by atoms with Gasteiger partial charge in [-0.15, -0.1) is 0 Å². The van der Waals surface area contributed by atoms with Gasteiger partial charge in [-0.3, -0.25) is 9.08 Å². The lowest BCUT2D eigenvalue weighted by atomic mass is 9.99. The van der Waals surface area contributed by atoms with Gasteiger partial charge in [0.1, 0.15) is 5.65 Å². The van der Waals surface area contributed by atoms with Gasteiger partial charge in [-0.05, 0) is 25.0 Å². The first-order valence-electron chi connectivity index (χ1n) is 5.82. The Labute approximate surface area is 98.5 Å². The molecule has 0 fully saturated rings. The predicted molar refractivity (Wildman–Crippen MR) is 64.8 cm³/mol. The van der Waals surface area contributed by atoms with Crippen molar-refractivity contribution in [1.29, 1.82) is 0 Å². The first kappa shape index (κ1) is 8.98. The van der Waals surface area contributed by atoms with Gasteiger partial charge in [0.05, 0.1) is 23.3 Å². The minimum Gasteiger partial charge on any atom is -0.298 e. The van der Waals surface area contributed by atoms with Crippen LogP contribution >= 0.6 is 0 Å². The SMILES string of the molecule is Cn1ncc2c1-c1c(nc3ccccn13)CC2. The Morgan fingerprint density at radius 2 is 2.12 bits per heavy atom. The minimum absolute atomic E-state index is 1.01. The molecule has 1 aliphatic carbocycles. The van der Waals surface area contributed by atoms with Crippen LogP contribution in [0.4, 0.5) is 0 Å². The van der Waals surface area contributed by atoms with Crippen molar-refractivity contribution >= 4 is 5.65 Å². The van der Waals surface area contributed by atoms with Crippen LogP contribution in [-0.2, 0) is 19.9 Å². The largest absolute Gasteiger partial charge is 0.298 e. The third-order valence-corrected chi connectivity index (χ3v) is 3.47. The fourth-order valence-corrected chi connectivity index (χ4v) is 2.69. The predicted octanol–water partition coefficient (Wildman–Crippen LogP) is 1.83. The number of hydrogen-bond acceptors (Lipinski definition) is 2. The molecule has 0 aliphatic heterocycles. The number of fused-ring (bicyclic) bond motifs is 5. The van der Waals surface area contributed by atoms with E-state index in [1.54, 1.807) is 0 Å². The highest BCUT2D eigenvalue weighted by Crippen LogP contribution is 2.33. The topological polar surface area (TPSA) is 35.1 Å². The molecular weight excluding hydrogens is 212 g/mol. The number of nitrogens with zero attached hydrogens (tertiary/aromatic N) is 4. The van der Waals surface area contributed by atoms with Crippen LogP contribution in [0, 0.1) is 0 Å². The maximum atomic E-state index is 4.69. The Bertz CT molecular complexity index is 720. The molecule has 4 heteroatoms. The van der Waals surface area contributed by atoms with Crippen molar-refractivity contribution in [1.82, 2.24) is 19.2 Å². The van der Waals surface area contributed by atoms with Crippen molar-refractivity contribution in [2.75, 3.05) is 0 Å². The molecule has 3 aromatic rings. The molecule has 0 aromatic carbocycles. The molecule has 0 N–H and O–H groups in total. The van der Waals surface area contributed by atoms with Gasteiger partial charge in [0.25, 0.3) is 0 Å². The molecule has 0 atom stereocenters. The van der Waals surface area contributed by atoms with Crippen molar-refractivity contribution in [2.24, 2.45) is 7.05 Å². The summed E-state index contributed by atoms with van der Waals surface area (Å²) < 4.78 is 4.11. The highest BCUT2D eigenvalue weighted by Gasteiger charge is 2.24. The average Bonchev–Trinajstić information content (AvgIpc) is 2.90. The van der Waals surface area contributed by atoms with Gasteiger partial charge < -0.3 is 0 Å². The number of hydrogen-bond donors (Lipinski definition) is 0. The third-order valence-electron chi connectivity index (χ3n) is 3.47. The fourth-order valence-electron chi connectivity index (χ4n) is 2.69. The number of pyridine rings is 1. The standard InChI is InChI=1S/C13H12N4/c1-16-12-9(8-14-16)5-6-10-13(12)17-7-3-2-4-11(17)15-10/h2-4,7-8H,5-6H2,1H3. The van der Waals surface area contributed by atoms with E-state index in [1.165, 1.54) is 22.6 Å². The lowest BCUT2D eigenvalue weighted by Gasteiger charge is -2.13. The van der Waals surface area contributed by atoms with Crippen molar-refractivity contribution in [2.45, 2.75) is 12.8 Å². The van der Waals surface area contributed by atoms with E-state index in [0.717, 1.165) is 18.5 Å². The van der Waals surface area contributed by atoms with E-state index in [0.29, 0.717) is 0 Å². The van der Waals surface area contributed by atoms with Gasteiger partial charge in [0.15, 0.2) is 0 Å². The molecule has 17 heavy (non-hydrogen) atoms. The summed E-state index contributed by atoms with van der Waals surface area (Å²) in [6, 6.07) is 6.12. The van der Waals surface area contributed by atoms with E-state index in [4.69, 9.17) is 4.98 Å². The molecule has 3 aromatic heterocycles. The van der Waals surface area contributed by atoms with Gasteiger partial charge in [0.2, 0.25) is 0 Å². The zero-order valence-electron chi connectivity index (χ0n) is 9.59. The monoisotopic (exact) mass is 224 g/mol. The Morgan fingerprint density at radius 3 is 3.06 bits per heavy atom. The van der Waals surface area contributed by atoms with Crippen LogP contribution in [0.5, 0.6) is 0 Å². The molecule has 0 spiro atoms. The number of rotatable bonds is 0. The summed E-state index contributed by atoms with van der Waals surface area (Å²) >= 11 is 0. The molecule has 4 rings (SSSR count). The molecule has 0 bridgehead atoms. The Balaban J connectivity index is 2.17. The summed E-state index contributed by atoms with van der Waals surface area (Å²) in [5.41, 5.74) is 5.95. The minimum atomic E-state index is 1.01. The van der Waals surface area contributed by atoms with E-state index in [9.17, 15) is 0 Å². The van der Waals surface area contributed by atoms with Crippen LogP contribution in [0.25, 0.3) is 17.0 Å². The summed E-state index contributed by atoms with van der Waals surface area (Å²) in [6.45, 7) is 0. The second-order valence-corrected chi connectivity index (χ2v) is 4.48. The molecule has 0 radical (unpaired) electrons.